The third-order valence-corrected chi connectivity index (χ3v) is 4.83. The number of carbonyl (C=O) groups is 2. The largest absolute Gasteiger partial charge is 0.483 e. The van der Waals surface area contributed by atoms with Crippen molar-refractivity contribution >= 4 is 22.8 Å². The van der Waals surface area contributed by atoms with Gasteiger partial charge in [-0.3, -0.25) is 4.79 Å². The number of rotatable bonds is 11. The summed E-state index contributed by atoms with van der Waals surface area (Å²) in [7, 11) is 0. The summed E-state index contributed by atoms with van der Waals surface area (Å²) in [6.07, 6.45) is 4.71. The molecule has 0 bridgehead atoms. The average molecular weight is 403 g/mol. The van der Waals surface area contributed by atoms with Gasteiger partial charge in [-0.15, -0.1) is 0 Å². The van der Waals surface area contributed by atoms with Crippen LogP contribution in [0.3, 0.4) is 0 Å². The zero-order valence-corrected chi connectivity index (χ0v) is 17.2. The smallest absolute Gasteiger partial charge is 0.336 e. The highest BCUT2D eigenvalue weighted by molar-refractivity contribution is 5.86. The van der Waals surface area contributed by atoms with E-state index in [1.54, 1.807) is 13.0 Å². The Kier molecular flexibility index (Phi) is 8.24. The normalized spacial score (nSPS) is 12.0. The van der Waals surface area contributed by atoms with E-state index in [9.17, 15) is 19.5 Å². The predicted molar refractivity (Wildman–Crippen MR) is 110 cm³/mol. The first kappa shape index (κ1) is 22.5. The number of fused-ring (bicyclic) bond motifs is 1. The maximum atomic E-state index is 12.1. The fraction of sp³-hybridized carbons (Fsp3) is 0.500. The molecule has 0 aliphatic rings. The van der Waals surface area contributed by atoms with Crippen molar-refractivity contribution in [3.63, 3.8) is 0 Å². The van der Waals surface area contributed by atoms with Crippen LogP contribution in [0.1, 0.15) is 57.1 Å². The molecule has 1 amide bonds. The van der Waals surface area contributed by atoms with E-state index in [4.69, 9.17) is 9.15 Å². The summed E-state index contributed by atoms with van der Waals surface area (Å²) in [6.45, 7) is 5.50. The van der Waals surface area contributed by atoms with Gasteiger partial charge in [-0.1, -0.05) is 33.1 Å². The number of ether oxygens (including phenoxy) is 1. The fourth-order valence-electron chi connectivity index (χ4n) is 3.18. The minimum Gasteiger partial charge on any atom is -0.483 e. The van der Waals surface area contributed by atoms with Crippen molar-refractivity contribution in [1.82, 2.24) is 5.32 Å². The number of benzene rings is 1. The highest BCUT2D eigenvalue weighted by Gasteiger charge is 2.20. The van der Waals surface area contributed by atoms with Crippen LogP contribution >= 0.6 is 0 Å². The minimum atomic E-state index is -1.06. The summed E-state index contributed by atoms with van der Waals surface area (Å²) < 4.78 is 11.0. The molecule has 1 heterocycles. The molecule has 1 unspecified atom stereocenters. The van der Waals surface area contributed by atoms with Crippen LogP contribution in [0.25, 0.3) is 11.0 Å². The van der Waals surface area contributed by atoms with E-state index >= 15 is 0 Å². The number of hydrogen-bond acceptors (Lipinski definition) is 5. The second kappa shape index (κ2) is 10.6. The lowest BCUT2D eigenvalue weighted by Gasteiger charge is -2.15. The van der Waals surface area contributed by atoms with Crippen molar-refractivity contribution in [2.75, 3.05) is 6.61 Å². The molecule has 29 heavy (non-hydrogen) atoms. The van der Waals surface area contributed by atoms with Crippen LogP contribution in [0.4, 0.5) is 0 Å². The van der Waals surface area contributed by atoms with Gasteiger partial charge in [-0.2, -0.15) is 0 Å². The van der Waals surface area contributed by atoms with Gasteiger partial charge >= 0.3 is 11.6 Å². The van der Waals surface area contributed by atoms with Crippen LogP contribution in [-0.4, -0.2) is 29.6 Å². The van der Waals surface area contributed by atoms with Crippen LogP contribution in [0.5, 0.6) is 5.75 Å². The fourth-order valence-corrected chi connectivity index (χ4v) is 3.18. The molecule has 0 aliphatic carbocycles. The van der Waals surface area contributed by atoms with Crippen LogP contribution in [0.15, 0.2) is 27.4 Å². The zero-order valence-electron chi connectivity index (χ0n) is 17.2. The third-order valence-electron chi connectivity index (χ3n) is 4.83. The number of aryl methyl sites for hydroxylation is 2. The molecular weight excluding hydrogens is 374 g/mol. The highest BCUT2D eigenvalue weighted by Crippen LogP contribution is 2.29. The molecule has 1 atom stereocenters. The van der Waals surface area contributed by atoms with Gasteiger partial charge < -0.3 is 19.6 Å². The molecule has 0 saturated heterocycles. The van der Waals surface area contributed by atoms with Crippen LogP contribution < -0.4 is 15.7 Å². The Labute approximate surface area is 170 Å². The highest BCUT2D eigenvalue weighted by atomic mass is 16.5. The Morgan fingerprint density at radius 3 is 2.59 bits per heavy atom. The molecule has 158 valence electrons. The third kappa shape index (κ3) is 6.07. The molecular formula is C22H29NO6. The van der Waals surface area contributed by atoms with Crippen molar-refractivity contribution < 1.29 is 23.8 Å². The number of nitrogens with one attached hydrogen (secondary N) is 1. The second-order valence-electron chi connectivity index (χ2n) is 7.15. The number of carboxylic acids is 1. The molecule has 7 nitrogen and oxygen atoms in total. The molecule has 2 rings (SSSR count). The molecule has 1 aromatic heterocycles. The Balaban J connectivity index is 2.14. The van der Waals surface area contributed by atoms with Gasteiger partial charge in [0.25, 0.3) is 5.91 Å². The monoisotopic (exact) mass is 403 g/mol. The van der Waals surface area contributed by atoms with Gasteiger partial charge in [-0.05, 0) is 43.9 Å². The van der Waals surface area contributed by atoms with Crippen molar-refractivity contribution in [3.05, 3.63) is 39.7 Å². The van der Waals surface area contributed by atoms with Gasteiger partial charge in [-0.25, -0.2) is 9.59 Å². The number of amides is 1. The summed E-state index contributed by atoms with van der Waals surface area (Å²) in [6, 6.07) is 4.16. The van der Waals surface area contributed by atoms with Gasteiger partial charge in [0.05, 0.1) is 0 Å². The first-order valence-electron chi connectivity index (χ1n) is 10.1. The Morgan fingerprint density at radius 1 is 1.21 bits per heavy atom. The Hall–Kier alpha value is -2.83. The molecule has 1 aromatic carbocycles. The lowest BCUT2D eigenvalue weighted by Crippen LogP contribution is -2.42. The lowest BCUT2D eigenvalue weighted by molar-refractivity contribution is -0.142. The van der Waals surface area contributed by atoms with E-state index in [1.807, 2.05) is 13.0 Å². The number of carbonyl (C=O) groups excluding carboxylic acids is 1. The van der Waals surface area contributed by atoms with Gasteiger partial charge in [0.1, 0.15) is 17.4 Å². The summed E-state index contributed by atoms with van der Waals surface area (Å²) in [5, 5.41) is 12.6. The Bertz CT molecular complexity index is 917. The van der Waals surface area contributed by atoms with Crippen molar-refractivity contribution in [1.29, 1.82) is 0 Å². The number of aliphatic carboxylic acids is 1. The number of hydrogen-bond donors (Lipinski definition) is 2. The summed E-state index contributed by atoms with van der Waals surface area (Å²) in [5.74, 6) is -1.15. The van der Waals surface area contributed by atoms with Crippen molar-refractivity contribution in [2.45, 2.75) is 65.3 Å². The van der Waals surface area contributed by atoms with Crippen LogP contribution in [0, 0.1) is 6.92 Å². The molecule has 2 aromatic rings. The van der Waals surface area contributed by atoms with E-state index < -0.39 is 23.5 Å². The van der Waals surface area contributed by atoms with E-state index in [0.29, 0.717) is 29.7 Å². The molecule has 0 fully saturated rings. The maximum absolute atomic E-state index is 12.1. The quantitative estimate of drug-likeness (QED) is 0.556. The molecule has 0 spiro atoms. The first-order valence-corrected chi connectivity index (χ1v) is 10.1. The lowest BCUT2D eigenvalue weighted by atomic mass is 10.0. The molecule has 7 heteroatoms. The SMILES string of the molecule is CCCCc1cc(=O)oc2c(C)c(OCC(=O)NC(CCCC)C(=O)O)ccc12. The van der Waals surface area contributed by atoms with E-state index in [0.717, 1.165) is 36.6 Å². The van der Waals surface area contributed by atoms with Gasteiger partial charge in [0.2, 0.25) is 0 Å². The number of unbranched alkanes of at least 4 members (excludes halogenated alkanes) is 2. The van der Waals surface area contributed by atoms with Gasteiger partial charge in [0, 0.05) is 17.0 Å². The van der Waals surface area contributed by atoms with Crippen molar-refractivity contribution in [2.24, 2.45) is 0 Å². The van der Waals surface area contributed by atoms with Crippen LogP contribution in [-0.2, 0) is 16.0 Å². The van der Waals surface area contributed by atoms with E-state index in [2.05, 4.69) is 12.2 Å². The van der Waals surface area contributed by atoms with E-state index in [1.165, 1.54) is 6.07 Å². The Morgan fingerprint density at radius 2 is 1.93 bits per heavy atom. The zero-order chi connectivity index (χ0) is 21.4. The molecule has 0 saturated carbocycles. The molecule has 0 radical (unpaired) electrons. The minimum absolute atomic E-state index is 0.317. The van der Waals surface area contributed by atoms with Crippen LogP contribution in [0.2, 0.25) is 0 Å². The van der Waals surface area contributed by atoms with Crippen molar-refractivity contribution in [3.8, 4) is 5.75 Å². The average Bonchev–Trinajstić information content (AvgIpc) is 2.69. The first-order chi connectivity index (χ1) is 13.9. The van der Waals surface area contributed by atoms with E-state index in [-0.39, 0.29) is 6.61 Å². The predicted octanol–water partition coefficient (Wildman–Crippen LogP) is 3.58. The standard InChI is InChI=1S/C22H29NO6/c1-4-6-8-15-12-20(25)29-21-14(3)18(11-10-16(15)21)28-13-19(24)23-17(22(26)27)9-7-5-2/h10-12,17H,4-9,13H2,1-3H3,(H,23,24)(H,26,27). The summed E-state index contributed by atoms with van der Waals surface area (Å²) >= 11 is 0. The van der Waals surface area contributed by atoms with Gasteiger partial charge in [0.15, 0.2) is 6.61 Å². The molecule has 0 aliphatic heterocycles. The summed E-state index contributed by atoms with van der Waals surface area (Å²) in [5.41, 5.74) is 1.60. The maximum Gasteiger partial charge on any atom is 0.336 e. The second-order valence-corrected chi connectivity index (χ2v) is 7.15. The number of carboxylic acid groups (broad SMARTS) is 1. The summed E-state index contributed by atoms with van der Waals surface area (Å²) in [4.78, 5) is 35.3. The molecule has 2 N–H and O–H groups in total. The topological polar surface area (TPSA) is 106 Å².